The SMILES string of the molecule is O=C(OC1=CC[C@@]2(O)[C@H]3Cc4ccc(OC(=O)C5CC5)c5c4[C@@]2(CCN3C(=O)C2CC2)[C@H]1O5)C1CC1. The largest absolute Gasteiger partial charge is 0.477 e. The highest BCUT2D eigenvalue weighted by atomic mass is 16.6. The van der Waals surface area contributed by atoms with Crippen LogP contribution in [-0.4, -0.2) is 52.1 Å². The summed E-state index contributed by atoms with van der Waals surface area (Å²) in [5.74, 6) is 0.810. The lowest BCUT2D eigenvalue weighted by Crippen LogP contribution is -2.75. The third kappa shape index (κ3) is 2.71. The molecule has 36 heavy (non-hydrogen) atoms. The van der Waals surface area contributed by atoms with Crippen molar-refractivity contribution in [3.8, 4) is 11.5 Å². The van der Waals surface area contributed by atoms with Crippen molar-refractivity contribution in [2.24, 2.45) is 17.8 Å². The van der Waals surface area contributed by atoms with Gasteiger partial charge < -0.3 is 24.2 Å². The Balaban J connectivity index is 1.26. The molecule has 4 atom stereocenters. The van der Waals surface area contributed by atoms with Gasteiger partial charge in [0.15, 0.2) is 17.6 Å². The molecule has 1 amide bonds. The summed E-state index contributed by atoms with van der Waals surface area (Å²) in [4.78, 5) is 40.4. The molecule has 2 heterocycles. The zero-order valence-corrected chi connectivity index (χ0v) is 20.0. The van der Waals surface area contributed by atoms with Gasteiger partial charge in [-0.05, 0) is 69.1 Å². The molecule has 7 aliphatic rings. The van der Waals surface area contributed by atoms with Crippen LogP contribution in [0, 0.1) is 17.8 Å². The maximum Gasteiger partial charge on any atom is 0.314 e. The second-order valence-electron chi connectivity index (χ2n) is 11.8. The second-order valence-corrected chi connectivity index (χ2v) is 11.8. The topological polar surface area (TPSA) is 102 Å². The van der Waals surface area contributed by atoms with Gasteiger partial charge in [0.2, 0.25) is 5.91 Å². The summed E-state index contributed by atoms with van der Waals surface area (Å²) in [5.41, 5.74) is -0.292. The maximum atomic E-state index is 13.3. The average Bonchev–Trinajstić information content (AvgIpc) is 3.71. The summed E-state index contributed by atoms with van der Waals surface area (Å²) in [5, 5.41) is 12.5. The molecule has 8 rings (SSSR count). The normalized spacial score (nSPS) is 35.4. The van der Waals surface area contributed by atoms with Crippen LogP contribution in [0.1, 0.15) is 62.5 Å². The van der Waals surface area contributed by atoms with Gasteiger partial charge in [0.25, 0.3) is 0 Å². The number of aliphatic hydroxyl groups is 1. The van der Waals surface area contributed by atoms with E-state index < -0.39 is 17.1 Å². The van der Waals surface area contributed by atoms with Crippen molar-refractivity contribution in [1.82, 2.24) is 4.90 Å². The van der Waals surface area contributed by atoms with Crippen molar-refractivity contribution in [2.45, 2.75) is 80.9 Å². The molecule has 1 N–H and O–H groups in total. The van der Waals surface area contributed by atoms with Crippen LogP contribution in [0.2, 0.25) is 0 Å². The molecule has 8 nitrogen and oxygen atoms in total. The minimum absolute atomic E-state index is 0.0636. The third-order valence-corrected chi connectivity index (χ3v) is 9.53. The Morgan fingerprint density at radius 3 is 2.36 bits per heavy atom. The molecule has 2 bridgehead atoms. The maximum absolute atomic E-state index is 13.3. The molecule has 8 heteroatoms. The zero-order valence-electron chi connectivity index (χ0n) is 20.0. The molecule has 1 aromatic carbocycles. The molecule has 2 aliphatic heterocycles. The van der Waals surface area contributed by atoms with E-state index >= 15 is 0 Å². The summed E-state index contributed by atoms with van der Waals surface area (Å²) in [6.07, 6.45) is 7.50. The number of rotatable bonds is 5. The van der Waals surface area contributed by atoms with Gasteiger partial charge in [-0.25, -0.2) is 0 Å². The van der Waals surface area contributed by atoms with Crippen molar-refractivity contribution in [3.63, 3.8) is 0 Å². The van der Waals surface area contributed by atoms with Gasteiger partial charge in [0.05, 0.1) is 23.3 Å². The van der Waals surface area contributed by atoms with E-state index in [1.165, 1.54) is 0 Å². The number of benzene rings is 1. The van der Waals surface area contributed by atoms with E-state index in [9.17, 15) is 19.5 Å². The molecule has 1 saturated heterocycles. The third-order valence-electron chi connectivity index (χ3n) is 9.53. The summed E-state index contributed by atoms with van der Waals surface area (Å²) < 4.78 is 18.2. The fourth-order valence-electron chi connectivity index (χ4n) is 7.16. The van der Waals surface area contributed by atoms with Gasteiger partial charge in [0, 0.05) is 24.4 Å². The van der Waals surface area contributed by atoms with E-state index in [4.69, 9.17) is 14.2 Å². The first-order valence-corrected chi connectivity index (χ1v) is 13.4. The van der Waals surface area contributed by atoms with Crippen LogP contribution >= 0.6 is 0 Å². The van der Waals surface area contributed by atoms with E-state index in [1.54, 1.807) is 12.1 Å². The monoisotopic (exact) mass is 491 g/mol. The van der Waals surface area contributed by atoms with Crippen molar-refractivity contribution < 1.29 is 33.7 Å². The number of likely N-dealkylation sites (tertiary alicyclic amines) is 1. The number of hydrogen-bond donors (Lipinski definition) is 1. The van der Waals surface area contributed by atoms with Crippen LogP contribution in [0.5, 0.6) is 11.5 Å². The Morgan fingerprint density at radius 1 is 0.972 bits per heavy atom. The number of amides is 1. The highest BCUT2D eigenvalue weighted by Crippen LogP contribution is 2.66. The van der Waals surface area contributed by atoms with Crippen LogP contribution in [0.25, 0.3) is 0 Å². The van der Waals surface area contributed by atoms with Crippen molar-refractivity contribution in [3.05, 3.63) is 35.1 Å². The molecule has 3 saturated carbocycles. The summed E-state index contributed by atoms with van der Waals surface area (Å²) >= 11 is 0. The van der Waals surface area contributed by atoms with Crippen LogP contribution in [0.4, 0.5) is 0 Å². The first kappa shape index (κ1) is 21.2. The predicted molar refractivity (Wildman–Crippen MR) is 124 cm³/mol. The molecule has 0 radical (unpaired) electrons. The smallest absolute Gasteiger partial charge is 0.314 e. The molecule has 188 valence electrons. The van der Waals surface area contributed by atoms with E-state index in [-0.39, 0.29) is 48.1 Å². The lowest BCUT2D eigenvalue weighted by atomic mass is 9.50. The molecule has 1 spiro atoms. The Morgan fingerprint density at radius 2 is 1.67 bits per heavy atom. The lowest BCUT2D eigenvalue weighted by Gasteiger charge is -2.62. The molecule has 1 aromatic rings. The lowest BCUT2D eigenvalue weighted by molar-refractivity contribution is -0.182. The summed E-state index contributed by atoms with van der Waals surface area (Å²) in [6, 6.07) is 3.34. The molecule has 5 aliphatic carbocycles. The fourth-order valence-corrected chi connectivity index (χ4v) is 7.16. The standard InChI is InChI=1S/C28H29NO7/c30-24(14-1-2-14)29-12-11-27-21-17-7-8-18(34-25(31)15-3-4-15)22(21)36-23(27)19(35-26(32)16-5-6-16)9-10-28(27,33)20(29)13-17/h7-9,14-16,20,23,33H,1-6,10-13H2/t20-,23+,27+,28-/m1/s1. The van der Waals surface area contributed by atoms with Crippen molar-refractivity contribution in [2.75, 3.05) is 6.54 Å². The van der Waals surface area contributed by atoms with Gasteiger partial charge in [0.1, 0.15) is 11.4 Å². The van der Waals surface area contributed by atoms with Gasteiger partial charge >= 0.3 is 11.9 Å². The Bertz CT molecular complexity index is 1260. The van der Waals surface area contributed by atoms with Crippen molar-refractivity contribution >= 4 is 17.8 Å². The highest BCUT2D eigenvalue weighted by molar-refractivity contribution is 5.83. The van der Waals surface area contributed by atoms with Crippen LogP contribution in [0.3, 0.4) is 0 Å². The number of ether oxygens (including phenoxy) is 3. The number of hydrogen-bond acceptors (Lipinski definition) is 7. The Kier molecular flexibility index (Phi) is 4.08. The average molecular weight is 492 g/mol. The summed E-state index contributed by atoms with van der Waals surface area (Å²) in [6.45, 7) is 0.511. The quantitative estimate of drug-likeness (QED) is 0.499. The molecule has 0 unspecified atom stereocenters. The molecule has 0 aromatic heterocycles. The highest BCUT2D eigenvalue weighted by Gasteiger charge is 2.73. The minimum Gasteiger partial charge on any atom is -0.477 e. The number of nitrogens with zero attached hydrogens (tertiary/aromatic N) is 1. The van der Waals surface area contributed by atoms with E-state index in [0.29, 0.717) is 36.6 Å². The van der Waals surface area contributed by atoms with Gasteiger partial charge in [-0.15, -0.1) is 0 Å². The van der Waals surface area contributed by atoms with Crippen LogP contribution < -0.4 is 9.47 Å². The van der Waals surface area contributed by atoms with Crippen molar-refractivity contribution in [1.29, 1.82) is 0 Å². The zero-order chi connectivity index (χ0) is 24.4. The van der Waals surface area contributed by atoms with Gasteiger partial charge in [-0.3, -0.25) is 14.4 Å². The Hall–Kier alpha value is -2.87. The van der Waals surface area contributed by atoms with Gasteiger partial charge in [-0.2, -0.15) is 0 Å². The first-order chi connectivity index (χ1) is 17.4. The number of carbonyl (C=O) groups is 3. The van der Waals surface area contributed by atoms with E-state index in [2.05, 4.69) is 0 Å². The second kappa shape index (κ2) is 6.91. The van der Waals surface area contributed by atoms with E-state index in [1.807, 2.05) is 11.0 Å². The number of carbonyl (C=O) groups excluding carboxylic acids is 3. The first-order valence-electron chi connectivity index (χ1n) is 13.4. The fraction of sp³-hybridized carbons (Fsp3) is 0.607. The number of esters is 2. The van der Waals surface area contributed by atoms with Crippen LogP contribution in [0.15, 0.2) is 24.0 Å². The number of piperidine rings is 1. The molecular formula is C28H29NO7. The summed E-state index contributed by atoms with van der Waals surface area (Å²) in [7, 11) is 0. The Labute approximate surface area is 208 Å². The minimum atomic E-state index is -1.27. The van der Waals surface area contributed by atoms with Gasteiger partial charge in [-0.1, -0.05) is 6.07 Å². The molecular weight excluding hydrogens is 462 g/mol. The van der Waals surface area contributed by atoms with E-state index in [0.717, 1.165) is 49.7 Å². The van der Waals surface area contributed by atoms with Crippen LogP contribution in [-0.2, 0) is 31.0 Å². The molecule has 4 fully saturated rings. The predicted octanol–water partition coefficient (Wildman–Crippen LogP) is 2.54.